The highest BCUT2D eigenvalue weighted by Gasteiger charge is 2.15. The van der Waals surface area contributed by atoms with Gasteiger partial charge in [-0.2, -0.15) is 0 Å². The van der Waals surface area contributed by atoms with Crippen LogP contribution in [0, 0.1) is 0 Å². The van der Waals surface area contributed by atoms with Crippen LogP contribution >= 0.6 is 15.9 Å². The van der Waals surface area contributed by atoms with Crippen LogP contribution in [0.25, 0.3) is 0 Å². The summed E-state index contributed by atoms with van der Waals surface area (Å²) in [5.41, 5.74) is 0. The van der Waals surface area contributed by atoms with Crippen LogP contribution < -0.4 is 0 Å². The fourth-order valence-electron chi connectivity index (χ4n) is 1.08. The number of hydrogen-bond donors (Lipinski definition) is 0. The normalized spacial score (nSPS) is 10.5. The molecule has 0 saturated carbocycles. The molecule has 13 heavy (non-hydrogen) atoms. The van der Waals surface area contributed by atoms with E-state index in [2.05, 4.69) is 15.9 Å². The van der Waals surface area contributed by atoms with Crippen LogP contribution in [0.5, 0.6) is 0 Å². The van der Waals surface area contributed by atoms with E-state index in [1.807, 2.05) is 18.7 Å². The zero-order valence-electron chi connectivity index (χ0n) is 8.55. The highest BCUT2D eigenvalue weighted by Crippen LogP contribution is 2.02. The summed E-state index contributed by atoms with van der Waals surface area (Å²) < 4.78 is 4.95. The van der Waals surface area contributed by atoms with Gasteiger partial charge >= 0.3 is 0 Å². The van der Waals surface area contributed by atoms with Crippen molar-refractivity contribution in [1.82, 2.24) is 4.90 Å². The molecule has 0 bridgehead atoms. The Labute approximate surface area is 88.6 Å². The molecule has 0 aromatic rings. The Balaban J connectivity index is 3.99. The molecule has 0 aliphatic carbocycles. The van der Waals surface area contributed by atoms with E-state index in [4.69, 9.17) is 4.74 Å². The number of nitrogens with zero attached hydrogens (tertiary/aromatic N) is 1. The summed E-state index contributed by atoms with van der Waals surface area (Å²) in [5, 5.41) is 0.724. The molecule has 0 aromatic carbocycles. The summed E-state index contributed by atoms with van der Waals surface area (Å²) in [6, 6.07) is 0.252. The maximum absolute atomic E-state index is 11.5. The van der Waals surface area contributed by atoms with Crippen LogP contribution in [0.2, 0.25) is 0 Å². The highest BCUT2D eigenvalue weighted by atomic mass is 79.9. The molecule has 4 heteroatoms. The minimum Gasteiger partial charge on any atom is -0.383 e. The predicted molar refractivity (Wildman–Crippen MR) is 57.1 cm³/mol. The van der Waals surface area contributed by atoms with Gasteiger partial charge in [-0.1, -0.05) is 15.9 Å². The molecule has 0 aromatic heterocycles. The van der Waals surface area contributed by atoms with Crippen LogP contribution in [0.1, 0.15) is 20.3 Å². The van der Waals surface area contributed by atoms with E-state index in [0.717, 1.165) is 5.33 Å². The molecule has 0 aliphatic rings. The van der Waals surface area contributed by atoms with E-state index in [9.17, 15) is 4.79 Å². The van der Waals surface area contributed by atoms with Crippen molar-refractivity contribution in [2.75, 3.05) is 25.6 Å². The minimum atomic E-state index is 0.184. The van der Waals surface area contributed by atoms with Crippen molar-refractivity contribution < 1.29 is 9.53 Å². The predicted octanol–water partition coefficient (Wildman–Crippen LogP) is 1.65. The lowest BCUT2D eigenvalue weighted by Crippen LogP contribution is -2.39. The average molecular weight is 252 g/mol. The lowest BCUT2D eigenvalue weighted by Gasteiger charge is -2.26. The summed E-state index contributed by atoms with van der Waals surface area (Å²) in [6.07, 6.45) is 0.557. The van der Waals surface area contributed by atoms with Gasteiger partial charge in [-0.25, -0.2) is 0 Å². The topological polar surface area (TPSA) is 29.5 Å². The molecule has 0 rings (SSSR count). The van der Waals surface area contributed by atoms with Gasteiger partial charge in [0.1, 0.15) is 0 Å². The van der Waals surface area contributed by atoms with Crippen molar-refractivity contribution >= 4 is 21.8 Å². The van der Waals surface area contributed by atoms with E-state index in [1.165, 1.54) is 0 Å². The zero-order valence-corrected chi connectivity index (χ0v) is 10.1. The molecule has 0 aliphatic heterocycles. The second-order valence-corrected chi connectivity index (χ2v) is 3.91. The molecular formula is C9H18BrNO2. The first kappa shape index (κ1) is 12.9. The van der Waals surface area contributed by atoms with Gasteiger partial charge in [-0.3, -0.25) is 4.79 Å². The van der Waals surface area contributed by atoms with Crippen LogP contribution in [-0.4, -0.2) is 42.4 Å². The van der Waals surface area contributed by atoms with E-state index < -0.39 is 0 Å². The Bertz CT molecular complexity index is 151. The number of hydrogen-bond acceptors (Lipinski definition) is 2. The summed E-state index contributed by atoms with van der Waals surface area (Å²) in [4.78, 5) is 13.4. The fourth-order valence-corrected chi connectivity index (χ4v) is 1.42. The van der Waals surface area contributed by atoms with E-state index in [1.54, 1.807) is 7.11 Å². The van der Waals surface area contributed by atoms with Crippen LogP contribution in [-0.2, 0) is 9.53 Å². The lowest BCUT2D eigenvalue weighted by molar-refractivity contribution is -0.133. The molecule has 0 atom stereocenters. The van der Waals surface area contributed by atoms with E-state index in [-0.39, 0.29) is 11.9 Å². The number of alkyl halides is 1. The molecular weight excluding hydrogens is 234 g/mol. The largest absolute Gasteiger partial charge is 0.383 e. The minimum absolute atomic E-state index is 0.184. The molecule has 0 saturated heterocycles. The van der Waals surface area contributed by atoms with E-state index in [0.29, 0.717) is 19.6 Å². The van der Waals surface area contributed by atoms with Crippen molar-refractivity contribution in [3.8, 4) is 0 Å². The fraction of sp³-hybridized carbons (Fsp3) is 0.889. The third kappa shape index (κ3) is 5.26. The van der Waals surface area contributed by atoms with Crippen molar-refractivity contribution in [3.63, 3.8) is 0 Å². The smallest absolute Gasteiger partial charge is 0.223 e. The molecule has 0 heterocycles. The van der Waals surface area contributed by atoms with Crippen LogP contribution in [0.4, 0.5) is 0 Å². The number of ether oxygens (including phenoxy) is 1. The van der Waals surface area contributed by atoms with Gasteiger partial charge in [0.2, 0.25) is 5.91 Å². The second kappa shape index (κ2) is 7.33. The summed E-state index contributed by atoms with van der Waals surface area (Å²) in [7, 11) is 1.65. The number of carbonyl (C=O) groups is 1. The maximum Gasteiger partial charge on any atom is 0.223 e. The third-order valence-corrected chi connectivity index (χ3v) is 2.18. The van der Waals surface area contributed by atoms with E-state index >= 15 is 0 Å². The molecule has 0 unspecified atom stereocenters. The Morgan fingerprint density at radius 1 is 1.54 bits per heavy atom. The number of rotatable bonds is 6. The Hall–Kier alpha value is -0.0900. The maximum atomic E-state index is 11.5. The summed E-state index contributed by atoms with van der Waals surface area (Å²) >= 11 is 3.26. The number of amides is 1. The Morgan fingerprint density at radius 2 is 2.15 bits per heavy atom. The SMILES string of the molecule is COCCN(C(=O)CCBr)C(C)C. The Morgan fingerprint density at radius 3 is 2.54 bits per heavy atom. The first-order chi connectivity index (χ1) is 6.13. The summed E-state index contributed by atoms with van der Waals surface area (Å²) in [6.45, 7) is 5.32. The molecule has 78 valence electrons. The molecule has 0 spiro atoms. The van der Waals surface area contributed by atoms with Gasteiger partial charge < -0.3 is 9.64 Å². The zero-order chi connectivity index (χ0) is 10.3. The molecule has 0 N–H and O–H groups in total. The Kier molecular flexibility index (Phi) is 7.28. The lowest BCUT2D eigenvalue weighted by atomic mass is 10.3. The van der Waals surface area contributed by atoms with Gasteiger partial charge in [0.25, 0.3) is 0 Å². The quantitative estimate of drug-likeness (QED) is 0.673. The molecule has 1 amide bonds. The highest BCUT2D eigenvalue weighted by molar-refractivity contribution is 9.09. The van der Waals surface area contributed by atoms with Crippen molar-refractivity contribution in [2.45, 2.75) is 26.3 Å². The third-order valence-electron chi connectivity index (χ3n) is 1.79. The first-order valence-corrected chi connectivity index (χ1v) is 5.60. The first-order valence-electron chi connectivity index (χ1n) is 4.47. The van der Waals surface area contributed by atoms with Crippen molar-refractivity contribution in [3.05, 3.63) is 0 Å². The van der Waals surface area contributed by atoms with Crippen LogP contribution in [0.15, 0.2) is 0 Å². The van der Waals surface area contributed by atoms with Crippen molar-refractivity contribution in [1.29, 1.82) is 0 Å². The number of halogens is 1. The molecule has 0 radical (unpaired) electrons. The number of carbonyl (C=O) groups excluding carboxylic acids is 1. The number of methoxy groups -OCH3 is 1. The van der Waals surface area contributed by atoms with Gasteiger partial charge in [0.05, 0.1) is 6.61 Å². The van der Waals surface area contributed by atoms with Crippen molar-refractivity contribution in [2.24, 2.45) is 0 Å². The van der Waals surface area contributed by atoms with Crippen LogP contribution in [0.3, 0.4) is 0 Å². The molecule has 0 fully saturated rings. The van der Waals surface area contributed by atoms with Gasteiger partial charge in [0.15, 0.2) is 0 Å². The standard InChI is InChI=1S/C9H18BrNO2/c1-8(2)11(6-7-13-3)9(12)4-5-10/h8H,4-7H2,1-3H3. The average Bonchev–Trinajstić information content (AvgIpc) is 2.05. The van der Waals surface area contributed by atoms with Gasteiger partial charge in [-0.15, -0.1) is 0 Å². The summed E-state index contributed by atoms with van der Waals surface area (Å²) in [5.74, 6) is 0.184. The molecule has 3 nitrogen and oxygen atoms in total. The second-order valence-electron chi connectivity index (χ2n) is 3.11. The van der Waals surface area contributed by atoms with Gasteiger partial charge in [-0.05, 0) is 13.8 Å². The monoisotopic (exact) mass is 251 g/mol. The van der Waals surface area contributed by atoms with Gasteiger partial charge in [0, 0.05) is 31.4 Å².